The van der Waals surface area contributed by atoms with E-state index >= 15 is 0 Å². The number of para-hydroxylation sites is 1. The Morgan fingerprint density at radius 1 is 1.07 bits per heavy atom. The van der Waals surface area contributed by atoms with Crippen LogP contribution in [0.5, 0.6) is 17.2 Å². The molecule has 6 nitrogen and oxygen atoms in total. The third-order valence-electron chi connectivity index (χ3n) is 3.91. The number of methoxy groups -OCH3 is 3. The molecule has 0 fully saturated rings. The molecule has 0 unspecified atom stereocenters. The Hall–Kier alpha value is -2.77. The number of halogens is 1. The highest BCUT2D eigenvalue weighted by Crippen LogP contribution is 2.36. The van der Waals surface area contributed by atoms with E-state index in [9.17, 15) is 4.79 Å². The van der Waals surface area contributed by atoms with Gasteiger partial charge in [0.25, 0.3) is 0 Å². The number of ether oxygens (including phenoxy) is 4. The number of nitrogens with zero attached hydrogens (tertiary/aromatic N) is 1. The Labute approximate surface area is 171 Å². The smallest absolute Gasteiger partial charge is 0.338 e. The van der Waals surface area contributed by atoms with Gasteiger partial charge in [-0.2, -0.15) is 0 Å². The molecule has 0 atom stereocenters. The second-order valence-electron chi connectivity index (χ2n) is 5.61. The van der Waals surface area contributed by atoms with Crippen LogP contribution in [0.2, 0.25) is 5.02 Å². The first-order valence-corrected chi connectivity index (χ1v) is 9.49. The van der Waals surface area contributed by atoms with Crippen molar-refractivity contribution in [3.8, 4) is 27.8 Å². The highest BCUT2D eigenvalue weighted by molar-refractivity contribution is 7.13. The van der Waals surface area contributed by atoms with E-state index in [2.05, 4.69) is 4.98 Å². The Balaban J connectivity index is 1.72. The molecule has 0 saturated heterocycles. The van der Waals surface area contributed by atoms with Crippen LogP contribution < -0.4 is 14.2 Å². The van der Waals surface area contributed by atoms with Crippen LogP contribution >= 0.6 is 22.9 Å². The first-order chi connectivity index (χ1) is 13.6. The monoisotopic (exact) mass is 419 g/mol. The minimum atomic E-state index is -0.533. The lowest BCUT2D eigenvalue weighted by atomic mass is 10.2. The third-order valence-corrected chi connectivity index (χ3v) is 5.11. The van der Waals surface area contributed by atoms with Crippen LogP contribution in [-0.4, -0.2) is 32.3 Å². The van der Waals surface area contributed by atoms with Gasteiger partial charge in [-0.25, -0.2) is 9.78 Å². The minimum absolute atomic E-state index is 0.0381. The van der Waals surface area contributed by atoms with Crippen LogP contribution in [-0.2, 0) is 11.3 Å². The van der Waals surface area contributed by atoms with Crippen LogP contribution in [0.4, 0.5) is 0 Å². The van der Waals surface area contributed by atoms with Crippen molar-refractivity contribution in [1.82, 2.24) is 4.98 Å². The summed E-state index contributed by atoms with van der Waals surface area (Å²) in [7, 11) is 4.56. The van der Waals surface area contributed by atoms with Gasteiger partial charge >= 0.3 is 5.97 Å². The summed E-state index contributed by atoms with van der Waals surface area (Å²) in [6.45, 7) is 0.0381. The molecule has 0 spiro atoms. The molecule has 3 aromatic rings. The van der Waals surface area contributed by atoms with E-state index in [0.29, 0.717) is 17.2 Å². The third kappa shape index (κ3) is 4.21. The molecule has 0 aliphatic rings. The topological polar surface area (TPSA) is 66.9 Å². The lowest BCUT2D eigenvalue weighted by molar-refractivity contribution is 0.0468. The van der Waals surface area contributed by atoms with E-state index in [4.69, 9.17) is 30.5 Å². The summed E-state index contributed by atoms with van der Waals surface area (Å²) >= 11 is 7.59. The molecule has 3 rings (SSSR count). The number of thiazole rings is 1. The van der Waals surface area contributed by atoms with Crippen LogP contribution in [0.25, 0.3) is 10.6 Å². The molecule has 0 aliphatic carbocycles. The van der Waals surface area contributed by atoms with E-state index in [1.165, 1.54) is 37.7 Å². The molecule has 0 saturated carbocycles. The van der Waals surface area contributed by atoms with Crippen molar-refractivity contribution in [2.45, 2.75) is 6.61 Å². The number of carbonyl (C=O) groups is 1. The largest absolute Gasteiger partial charge is 0.496 e. The van der Waals surface area contributed by atoms with Crippen molar-refractivity contribution in [2.75, 3.05) is 21.3 Å². The van der Waals surface area contributed by atoms with E-state index in [0.717, 1.165) is 16.3 Å². The maximum Gasteiger partial charge on any atom is 0.338 e. The molecule has 0 amide bonds. The van der Waals surface area contributed by atoms with Crippen molar-refractivity contribution in [3.63, 3.8) is 0 Å². The summed E-state index contributed by atoms with van der Waals surface area (Å²) in [5, 5.41) is 2.90. The number of esters is 1. The van der Waals surface area contributed by atoms with Gasteiger partial charge in [-0.05, 0) is 24.3 Å². The van der Waals surface area contributed by atoms with Crippen LogP contribution in [0.15, 0.2) is 41.8 Å². The van der Waals surface area contributed by atoms with E-state index < -0.39 is 5.97 Å². The summed E-state index contributed by atoms with van der Waals surface area (Å²) in [6.07, 6.45) is 0. The fourth-order valence-corrected chi connectivity index (χ4v) is 3.70. The second kappa shape index (κ2) is 8.95. The second-order valence-corrected chi connectivity index (χ2v) is 6.88. The maximum atomic E-state index is 12.4. The van der Waals surface area contributed by atoms with Gasteiger partial charge in [0, 0.05) is 5.38 Å². The Morgan fingerprint density at radius 2 is 1.82 bits per heavy atom. The molecule has 0 bridgehead atoms. The fraction of sp³-hybridized carbons (Fsp3) is 0.200. The van der Waals surface area contributed by atoms with Crippen molar-refractivity contribution in [3.05, 3.63) is 58.1 Å². The van der Waals surface area contributed by atoms with Crippen LogP contribution in [0, 0.1) is 0 Å². The fourth-order valence-electron chi connectivity index (χ4n) is 2.58. The van der Waals surface area contributed by atoms with Crippen LogP contribution in [0.3, 0.4) is 0 Å². The van der Waals surface area contributed by atoms with Gasteiger partial charge in [0.2, 0.25) is 0 Å². The van der Waals surface area contributed by atoms with Gasteiger partial charge in [-0.1, -0.05) is 23.7 Å². The zero-order valence-corrected chi connectivity index (χ0v) is 17.1. The van der Waals surface area contributed by atoms with E-state index in [1.54, 1.807) is 7.11 Å². The normalized spacial score (nSPS) is 10.4. The summed E-state index contributed by atoms with van der Waals surface area (Å²) in [4.78, 5) is 16.9. The summed E-state index contributed by atoms with van der Waals surface area (Å²) in [6, 6.07) is 10.6. The van der Waals surface area contributed by atoms with Gasteiger partial charge < -0.3 is 18.9 Å². The van der Waals surface area contributed by atoms with Crippen molar-refractivity contribution >= 4 is 28.9 Å². The molecule has 2 aromatic carbocycles. The first-order valence-electron chi connectivity index (χ1n) is 8.23. The van der Waals surface area contributed by atoms with Gasteiger partial charge in [0.05, 0.1) is 43.2 Å². The Kier molecular flexibility index (Phi) is 6.38. The first kappa shape index (κ1) is 20.0. The maximum absolute atomic E-state index is 12.4. The molecule has 8 heteroatoms. The quantitative estimate of drug-likeness (QED) is 0.510. The standard InChI is InChI=1S/C20H18ClNO5S/c1-24-16-7-5-4-6-14(16)19-22-13(11-28-19)10-27-20(23)12-8-15(21)18(26-3)17(9-12)25-2/h4-9,11H,10H2,1-3H3. The Morgan fingerprint density at radius 3 is 2.54 bits per heavy atom. The lowest BCUT2D eigenvalue weighted by Crippen LogP contribution is -2.06. The molecule has 28 heavy (non-hydrogen) atoms. The number of aromatic nitrogens is 1. The summed E-state index contributed by atoms with van der Waals surface area (Å²) < 4.78 is 21.1. The minimum Gasteiger partial charge on any atom is -0.496 e. The average Bonchev–Trinajstić information content (AvgIpc) is 3.20. The van der Waals surface area contributed by atoms with Crippen molar-refractivity contribution in [1.29, 1.82) is 0 Å². The van der Waals surface area contributed by atoms with Gasteiger partial charge in [-0.3, -0.25) is 0 Å². The highest BCUT2D eigenvalue weighted by atomic mass is 35.5. The van der Waals surface area contributed by atoms with Crippen molar-refractivity contribution in [2.24, 2.45) is 0 Å². The zero-order valence-electron chi connectivity index (χ0n) is 15.5. The van der Waals surface area contributed by atoms with Crippen LogP contribution in [0.1, 0.15) is 16.1 Å². The molecule has 146 valence electrons. The number of hydrogen-bond donors (Lipinski definition) is 0. The molecular formula is C20H18ClNO5S. The molecule has 1 aromatic heterocycles. The lowest BCUT2D eigenvalue weighted by Gasteiger charge is -2.11. The Bertz CT molecular complexity index is 988. The molecule has 0 aliphatic heterocycles. The predicted molar refractivity (Wildman–Crippen MR) is 108 cm³/mol. The van der Waals surface area contributed by atoms with Crippen molar-refractivity contribution < 1.29 is 23.7 Å². The number of hydrogen-bond acceptors (Lipinski definition) is 7. The van der Waals surface area contributed by atoms with E-state index in [-0.39, 0.29) is 17.2 Å². The SMILES string of the molecule is COc1ccccc1-c1nc(COC(=O)c2cc(Cl)c(OC)c(OC)c2)cs1. The number of carbonyl (C=O) groups excluding carboxylic acids is 1. The van der Waals surface area contributed by atoms with E-state index in [1.807, 2.05) is 29.6 Å². The molecule has 1 heterocycles. The summed E-state index contributed by atoms with van der Waals surface area (Å²) in [5.74, 6) is 0.922. The van der Waals surface area contributed by atoms with Gasteiger partial charge in [-0.15, -0.1) is 11.3 Å². The number of rotatable bonds is 7. The molecule has 0 N–H and O–H groups in total. The molecular weight excluding hydrogens is 402 g/mol. The van der Waals surface area contributed by atoms with Gasteiger partial charge in [0.15, 0.2) is 11.5 Å². The summed E-state index contributed by atoms with van der Waals surface area (Å²) in [5.41, 5.74) is 1.80. The highest BCUT2D eigenvalue weighted by Gasteiger charge is 2.17. The predicted octanol–water partition coefficient (Wildman–Crippen LogP) is 4.85. The zero-order chi connectivity index (χ0) is 20.1. The van der Waals surface area contributed by atoms with Gasteiger partial charge in [0.1, 0.15) is 17.4 Å². The number of benzene rings is 2. The molecule has 0 radical (unpaired) electrons. The average molecular weight is 420 g/mol.